The number of benzene rings is 1. The van der Waals surface area contributed by atoms with Gasteiger partial charge in [0.25, 0.3) is 0 Å². The minimum Gasteiger partial charge on any atom is -0.218 e. The van der Waals surface area contributed by atoms with E-state index in [4.69, 9.17) is 0 Å². The van der Waals surface area contributed by atoms with Crippen molar-refractivity contribution in [2.24, 2.45) is 0 Å². The van der Waals surface area contributed by atoms with Crippen molar-refractivity contribution in [3.05, 3.63) is 45.4 Å². The number of halogens is 3. The Hall–Kier alpha value is -0.810. The van der Waals surface area contributed by atoms with Crippen LogP contribution >= 0.6 is 31.9 Å². The molecule has 0 aliphatic heterocycles. The van der Waals surface area contributed by atoms with Crippen molar-refractivity contribution >= 4 is 31.9 Å². The van der Waals surface area contributed by atoms with E-state index >= 15 is 0 Å². The molecule has 0 saturated heterocycles. The van der Waals surface area contributed by atoms with E-state index in [1.807, 2.05) is 30.3 Å². The van der Waals surface area contributed by atoms with Gasteiger partial charge in [0.05, 0.1) is 0 Å². The molecule has 0 amide bonds. The molecule has 2 rings (SSSR count). The highest BCUT2D eigenvalue weighted by Gasteiger charge is 2.10. The van der Waals surface area contributed by atoms with Gasteiger partial charge in [-0.3, -0.25) is 0 Å². The van der Waals surface area contributed by atoms with Crippen LogP contribution in [0.4, 0.5) is 4.39 Å². The molecule has 0 unspecified atom stereocenters. The predicted octanol–water partition coefficient (Wildman–Crippen LogP) is 3.81. The molecule has 0 aliphatic rings. The first-order chi connectivity index (χ1) is 7.18. The lowest BCUT2D eigenvalue weighted by atomic mass is 10.2. The van der Waals surface area contributed by atoms with Gasteiger partial charge in [-0.25, -0.2) is 14.4 Å². The Bertz CT molecular complexity index is 465. The molecular formula is C10H5Br2FN2. The first-order valence-corrected chi connectivity index (χ1v) is 5.71. The maximum atomic E-state index is 13.2. The van der Waals surface area contributed by atoms with Crippen LogP contribution in [0.5, 0.6) is 0 Å². The first kappa shape index (κ1) is 10.7. The second-order valence-corrected chi connectivity index (χ2v) is 4.31. The molecule has 0 atom stereocenters. The number of nitrogens with zero attached hydrogens (tertiary/aromatic N) is 2. The molecule has 0 spiro atoms. The molecule has 0 radical (unpaired) electrons. The van der Waals surface area contributed by atoms with Gasteiger partial charge in [-0.1, -0.05) is 30.3 Å². The fourth-order valence-electron chi connectivity index (χ4n) is 1.11. The van der Waals surface area contributed by atoms with E-state index in [0.717, 1.165) is 5.56 Å². The van der Waals surface area contributed by atoms with Gasteiger partial charge in [0.15, 0.2) is 11.6 Å². The molecule has 0 bridgehead atoms. The van der Waals surface area contributed by atoms with Crippen LogP contribution in [0.3, 0.4) is 0 Å². The molecule has 2 nitrogen and oxygen atoms in total. The Kier molecular flexibility index (Phi) is 3.11. The SMILES string of the molecule is Fc1c(Br)nc(-c2ccccc2)nc1Br. The Morgan fingerprint density at radius 2 is 1.47 bits per heavy atom. The molecule has 2 aromatic rings. The standard InChI is InChI=1S/C10H5Br2FN2/c11-8-7(13)9(12)15-10(14-8)6-4-2-1-3-5-6/h1-5H. The Labute approximate surface area is 103 Å². The average Bonchev–Trinajstić information content (AvgIpc) is 2.26. The van der Waals surface area contributed by atoms with E-state index in [9.17, 15) is 4.39 Å². The fraction of sp³-hybridized carbons (Fsp3) is 0. The summed E-state index contributed by atoms with van der Waals surface area (Å²) >= 11 is 6.08. The number of rotatable bonds is 1. The summed E-state index contributed by atoms with van der Waals surface area (Å²) < 4.78 is 13.5. The molecule has 1 heterocycles. The van der Waals surface area contributed by atoms with Crippen molar-refractivity contribution in [2.75, 3.05) is 0 Å². The van der Waals surface area contributed by atoms with Crippen LogP contribution < -0.4 is 0 Å². The molecule has 0 fully saturated rings. The van der Waals surface area contributed by atoms with Crippen molar-refractivity contribution < 1.29 is 4.39 Å². The smallest absolute Gasteiger partial charge is 0.188 e. The van der Waals surface area contributed by atoms with Gasteiger partial charge in [0, 0.05) is 5.56 Å². The van der Waals surface area contributed by atoms with Crippen molar-refractivity contribution in [1.29, 1.82) is 0 Å². The third-order valence-electron chi connectivity index (χ3n) is 1.80. The summed E-state index contributed by atoms with van der Waals surface area (Å²) in [5.74, 6) is -0.00886. The number of hydrogen-bond donors (Lipinski definition) is 0. The zero-order valence-corrected chi connectivity index (χ0v) is 10.6. The predicted molar refractivity (Wildman–Crippen MR) is 62.8 cm³/mol. The highest BCUT2D eigenvalue weighted by Crippen LogP contribution is 2.24. The zero-order chi connectivity index (χ0) is 10.8. The summed E-state index contributed by atoms with van der Waals surface area (Å²) in [7, 11) is 0. The van der Waals surface area contributed by atoms with Gasteiger partial charge in [-0.15, -0.1) is 0 Å². The molecule has 15 heavy (non-hydrogen) atoms. The van der Waals surface area contributed by atoms with Gasteiger partial charge in [-0.2, -0.15) is 0 Å². The lowest BCUT2D eigenvalue weighted by molar-refractivity contribution is 0.597. The minimum absolute atomic E-state index is 0.156. The van der Waals surface area contributed by atoms with E-state index in [2.05, 4.69) is 41.8 Å². The van der Waals surface area contributed by atoms with E-state index < -0.39 is 5.82 Å². The zero-order valence-electron chi connectivity index (χ0n) is 7.42. The van der Waals surface area contributed by atoms with Gasteiger partial charge in [-0.05, 0) is 31.9 Å². The topological polar surface area (TPSA) is 25.8 Å². The molecule has 0 aliphatic carbocycles. The molecule has 0 saturated carbocycles. The minimum atomic E-state index is -0.491. The number of aromatic nitrogens is 2. The maximum Gasteiger partial charge on any atom is 0.188 e. The molecule has 1 aromatic carbocycles. The van der Waals surface area contributed by atoms with E-state index in [1.165, 1.54) is 0 Å². The van der Waals surface area contributed by atoms with Crippen LogP contribution in [0.15, 0.2) is 39.5 Å². The lowest BCUT2D eigenvalue weighted by Crippen LogP contribution is -1.94. The summed E-state index contributed by atoms with van der Waals surface area (Å²) in [6, 6.07) is 9.39. The van der Waals surface area contributed by atoms with E-state index in [1.54, 1.807) is 0 Å². The van der Waals surface area contributed by atoms with Crippen LogP contribution in [-0.4, -0.2) is 9.97 Å². The summed E-state index contributed by atoms with van der Waals surface area (Å²) in [4.78, 5) is 8.01. The van der Waals surface area contributed by atoms with Crippen LogP contribution in [0, 0.1) is 5.82 Å². The Morgan fingerprint density at radius 3 is 2.00 bits per heavy atom. The van der Waals surface area contributed by atoms with E-state index in [-0.39, 0.29) is 9.21 Å². The van der Waals surface area contributed by atoms with E-state index in [0.29, 0.717) is 5.82 Å². The maximum absolute atomic E-state index is 13.2. The first-order valence-electron chi connectivity index (χ1n) is 4.12. The van der Waals surface area contributed by atoms with Gasteiger partial charge in [0.1, 0.15) is 9.21 Å². The largest absolute Gasteiger partial charge is 0.218 e. The quantitative estimate of drug-likeness (QED) is 0.743. The highest BCUT2D eigenvalue weighted by atomic mass is 79.9. The van der Waals surface area contributed by atoms with Crippen LogP contribution in [0.2, 0.25) is 0 Å². The van der Waals surface area contributed by atoms with Crippen molar-refractivity contribution in [2.45, 2.75) is 0 Å². The average molecular weight is 332 g/mol. The van der Waals surface area contributed by atoms with Gasteiger partial charge in [0.2, 0.25) is 0 Å². The molecular weight excluding hydrogens is 327 g/mol. The molecule has 5 heteroatoms. The summed E-state index contributed by atoms with van der Waals surface area (Å²) in [6.07, 6.45) is 0. The third kappa shape index (κ3) is 2.23. The monoisotopic (exact) mass is 330 g/mol. The second kappa shape index (κ2) is 4.37. The van der Waals surface area contributed by atoms with Gasteiger partial charge >= 0.3 is 0 Å². The Balaban J connectivity index is 2.56. The summed E-state index contributed by atoms with van der Waals surface area (Å²) in [6.45, 7) is 0. The summed E-state index contributed by atoms with van der Waals surface area (Å²) in [5, 5.41) is 0. The third-order valence-corrected chi connectivity index (χ3v) is 2.85. The lowest BCUT2D eigenvalue weighted by Gasteiger charge is -2.02. The normalized spacial score (nSPS) is 10.3. The summed E-state index contributed by atoms with van der Waals surface area (Å²) in [5.41, 5.74) is 0.846. The Morgan fingerprint density at radius 1 is 0.933 bits per heavy atom. The van der Waals surface area contributed by atoms with Crippen LogP contribution in [-0.2, 0) is 0 Å². The molecule has 76 valence electrons. The van der Waals surface area contributed by atoms with Crippen molar-refractivity contribution in [3.63, 3.8) is 0 Å². The van der Waals surface area contributed by atoms with Crippen molar-refractivity contribution in [3.8, 4) is 11.4 Å². The van der Waals surface area contributed by atoms with Crippen LogP contribution in [0.25, 0.3) is 11.4 Å². The van der Waals surface area contributed by atoms with Crippen molar-refractivity contribution in [1.82, 2.24) is 9.97 Å². The molecule has 1 aromatic heterocycles. The van der Waals surface area contributed by atoms with Crippen LogP contribution in [0.1, 0.15) is 0 Å². The number of hydrogen-bond acceptors (Lipinski definition) is 2. The fourth-order valence-corrected chi connectivity index (χ4v) is 2.09. The molecule has 0 N–H and O–H groups in total. The highest BCUT2D eigenvalue weighted by molar-refractivity contribution is 9.11. The second-order valence-electron chi connectivity index (χ2n) is 2.81. The van der Waals surface area contributed by atoms with Gasteiger partial charge < -0.3 is 0 Å².